The second kappa shape index (κ2) is 4.69. The molecule has 0 saturated carbocycles. The molecule has 2 unspecified atom stereocenters. The van der Waals surface area contributed by atoms with Gasteiger partial charge >= 0.3 is 0 Å². The Balaban J connectivity index is 2.55. The predicted octanol–water partition coefficient (Wildman–Crippen LogP) is 1.45. The molecule has 0 aliphatic carbocycles. The van der Waals surface area contributed by atoms with Crippen molar-refractivity contribution in [2.45, 2.75) is 27.2 Å². The van der Waals surface area contributed by atoms with Crippen LogP contribution in [0, 0.1) is 17.8 Å². The largest absolute Gasteiger partial charge is 0.381 e. The zero-order valence-corrected chi connectivity index (χ0v) is 9.08. The van der Waals surface area contributed by atoms with Crippen LogP contribution >= 0.6 is 0 Å². The van der Waals surface area contributed by atoms with E-state index in [2.05, 4.69) is 0 Å². The predicted molar refractivity (Wildman–Crippen MR) is 52.9 cm³/mol. The lowest BCUT2D eigenvalue weighted by molar-refractivity contribution is -0.136. The molecular weight excluding hydrogens is 180 g/mol. The van der Waals surface area contributed by atoms with E-state index < -0.39 is 5.92 Å². The summed E-state index contributed by atoms with van der Waals surface area (Å²) >= 11 is 0. The third-order valence-electron chi connectivity index (χ3n) is 2.75. The number of hydrogen-bond donors (Lipinski definition) is 0. The van der Waals surface area contributed by atoms with Gasteiger partial charge in [-0.3, -0.25) is 9.59 Å². The normalized spacial score (nSPS) is 23.9. The van der Waals surface area contributed by atoms with Crippen LogP contribution in [-0.2, 0) is 14.3 Å². The summed E-state index contributed by atoms with van der Waals surface area (Å²) in [5, 5.41) is 0. The molecule has 3 heteroatoms. The second-order valence-electron chi connectivity index (χ2n) is 4.24. The van der Waals surface area contributed by atoms with Gasteiger partial charge in [-0.1, -0.05) is 13.8 Å². The highest BCUT2D eigenvalue weighted by Crippen LogP contribution is 2.19. The summed E-state index contributed by atoms with van der Waals surface area (Å²) in [5.74, 6) is -0.464. The summed E-state index contributed by atoms with van der Waals surface area (Å²) in [6.07, 6.45) is 0.772. The lowest BCUT2D eigenvalue weighted by Crippen LogP contribution is -2.30. The molecule has 0 bridgehead atoms. The van der Waals surface area contributed by atoms with Gasteiger partial charge in [-0.25, -0.2) is 0 Å². The van der Waals surface area contributed by atoms with Gasteiger partial charge in [0.25, 0.3) is 0 Å². The highest BCUT2D eigenvalue weighted by molar-refractivity contribution is 6.03. The monoisotopic (exact) mass is 198 g/mol. The van der Waals surface area contributed by atoms with Gasteiger partial charge in [0.05, 0.1) is 12.5 Å². The molecular formula is C11H18O3. The molecule has 0 aromatic heterocycles. The van der Waals surface area contributed by atoms with E-state index in [0.717, 1.165) is 6.42 Å². The topological polar surface area (TPSA) is 43.4 Å². The summed E-state index contributed by atoms with van der Waals surface area (Å²) in [6.45, 7) is 6.52. The van der Waals surface area contributed by atoms with Crippen molar-refractivity contribution < 1.29 is 14.3 Å². The van der Waals surface area contributed by atoms with Crippen LogP contribution in [0.4, 0.5) is 0 Å². The molecule has 80 valence electrons. The zero-order chi connectivity index (χ0) is 10.7. The average molecular weight is 198 g/mol. The Kier molecular flexibility index (Phi) is 3.81. The van der Waals surface area contributed by atoms with Gasteiger partial charge in [0.2, 0.25) is 0 Å². The molecule has 1 rings (SSSR count). The fourth-order valence-electron chi connectivity index (χ4n) is 1.75. The fraction of sp³-hybridized carbons (Fsp3) is 0.818. The second-order valence-corrected chi connectivity index (χ2v) is 4.24. The van der Waals surface area contributed by atoms with Crippen LogP contribution in [0.2, 0.25) is 0 Å². The quantitative estimate of drug-likeness (QED) is 0.642. The van der Waals surface area contributed by atoms with E-state index in [0.29, 0.717) is 13.2 Å². The van der Waals surface area contributed by atoms with E-state index in [-0.39, 0.29) is 23.4 Å². The van der Waals surface area contributed by atoms with E-state index in [1.165, 1.54) is 0 Å². The molecule has 1 aliphatic heterocycles. The van der Waals surface area contributed by atoms with Crippen LogP contribution in [0.15, 0.2) is 0 Å². The minimum atomic E-state index is -0.457. The highest BCUT2D eigenvalue weighted by atomic mass is 16.5. The molecule has 0 aromatic rings. The van der Waals surface area contributed by atoms with Crippen LogP contribution in [0.1, 0.15) is 27.2 Å². The number of rotatable bonds is 4. The first-order chi connectivity index (χ1) is 6.54. The molecule has 1 fully saturated rings. The summed E-state index contributed by atoms with van der Waals surface area (Å²) < 4.78 is 5.14. The van der Waals surface area contributed by atoms with Crippen molar-refractivity contribution in [1.82, 2.24) is 0 Å². The maximum absolute atomic E-state index is 11.8. The highest BCUT2D eigenvalue weighted by Gasteiger charge is 2.31. The van der Waals surface area contributed by atoms with E-state index in [4.69, 9.17) is 4.74 Å². The van der Waals surface area contributed by atoms with E-state index in [1.807, 2.05) is 13.8 Å². The fourth-order valence-corrected chi connectivity index (χ4v) is 1.75. The maximum Gasteiger partial charge on any atom is 0.148 e. The van der Waals surface area contributed by atoms with Crippen molar-refractivity contribution in [3.8, 4) is 0 Å². The standard InChI is InChI=1S/C11H18O3/c1-7(2)10(12)8(3)11(13)9-4-5-14-6-9/h7-9H,4-6H2,1-3H3. The molecule has 0 spiro atoms. The number of ketones is 2. The number of hydrogen-bond acceptors (Lipinski definition) is 3. The third kappa shape index (κ3) is 2.41. The Labute approximate surface area is 84.8 Å². The Morgan fingerprint density at radius 1 is 1.29 bits per heavy atom. The number of ether oxygens (including phenoxy) is 1. The molecule has 0 N–H and O–H groups in total. The van der Waals surface area contributed by atoms with Crippen molar-refractivity contribution in [2.24, 2.45) is 17.8 Å². The van der Waals surface area contributed by atoms with E-state index in [9.17, 15) is 9.59 Å². The van der Waals surface area contributed by atoms with Crippen molar-refractivity contribution in [3.05, 3.63) is 0 Å². The molecule has 0 amide bonds. The van der Waals surface area contributed by atoms with Crippen LogP contribution in [-0.4, -0.2) is 24.8 Å². The average Bonchev–Trinajstić information content (AvgIpc) is 2.67. The van der Waals surface area contributed by atoms with Gasteiger partial charge in [0.1, 0.15) is 11.6 Å². The van der Waals surface area contributed by atoms with Crippen molar-refractivity contribution in [2.75, 3.05) is 13.2 Å². The Morgan fingerprint density at radius 3 is 2.36 bits per heavy atom. The first-order valence-corrected chi connectivity index (χ1v) is 5.19. The van der Waals surface area contributed by atoms with Crippen molar-refractivity contribution in [3.63, 3.8) is 0 Å². The molecule has 0 aromatic carbocycles. The number of carbonyl (C=O) groups excluding carboxylic acids is 2. The molecule has 14 heavy (non-hydrogen) atoms. The van der Waals surface area contributed by atoms with Crippen LogP contribution in [0.3, 0.4) is 0 Å². The van der Waals surface area contributed by atoms with Gasteiger partial charge in [0.15, 0.2) is 0 Å². The lowest BCUT2D eigenvalue weighted by Gasteiger charge is -2.14. The molecule has 1 saturated heterocycles. The Bertz CT molecular complexity index is 227. The van der Waals surface area contributed by atoms with Crippen molar-refractivity contribution >= 4 is 11.6 Å². The summed E-state index contributed by atoms with van der Waals surface area (Å²) in [7, 11) is 0. The van der Waals surface area contributed by atoms with E-state index >= 15 is 0 Å². The van der Waals surface area contributed by atoms with Gasteiger partial charge < -0.3 is 4.74 Å². The minimum absolute atomic E-state index is 0.0434. The first-order valence-electron chi connectivity index (χ1n) is 5.19. The Hall–Kier alpha value is -0.700. The lowest BCUT2D eigenvalue weighted by atomic mass is 9.87. The number of Topliss-reactive ketones (excluding diaryl/α,β-unsaturated/α-hetero) is 2. The van der Waals surface area contributed by atoms with Crippen LogP contribution in [0.25, 0.3) is 0 Å². The van der Waals surface area contributed by atoms with Gasteiger partial charge in [-0.05, 0) is 13.3 Å². The molecule has 1 heterocycles. The molecule has 3 nitrogen and oxygen atoms in total. The SMILES string of the molecule is CC(C)C(=O)C(C)C(=O)C1CCOC1. The maximum atomic E-state index is 11.8. The smallest absolute Gasteiger partial charge is 0.148 e. The summed E-state index contributed by atoms with van der Waals surface area (Å²) in [5.41, 5.74) is 0. The van der Waals surface area contributed by atoms with Crippen LogP contribution in [0.5, 0.6) is 0 Å². The van der Waals surface area contributed by atoms with Gasteiger partial charge in [-0.15, -0.1) is 0 Å². The minimum Gasteiger partial charge on any atom is -0.381 e. The summed E-state index contributed by atoms with van der Waals surface area (Å²) in [4.78, 5) is 23.4. The van der Waals surface area contributed by atoms with Crippen LogP contribution < -0.4 is 0 Å². The first kappa shape index (κ1) is 11.4. The zero-order valence-electron chi connectivity index (χ0n) is 9.08. The molecule has 1 aliphatic rings. The number of carbonyl (C=O) groups is 2. The third-order valence-corrected chi connectivity index (χ3v) is 2.75. The summed E-state index contributed by atoms with van der Waals surface area (Å²) in [6, 6.07) is 0. The molecule has 2 atom stereocenters. The molecule has 0 radical (unpaired) electrons. The van der Waals surface area contributed by atoms with Gasteiger partial charge in [-0.2, -0.15) is 0 Å². The Morgan fingerprint density at radius 2 is 1.93 bits per heavy atom. The van der Waals surface area contributed by atoms with Gasteiger partial charge in [0, 0.05) is 18.4 Å². The van der Waals surface area contributed by atoms with Crippen molar-refractivity contribution in [1.29, 1.82) is 0 Å². The van der Waals surface area contributed by atoms with E-state index in [1.54, 1.807) is 6.92 Å².